The smallest absolute Gasteiger partial charge is 0.165 e. The number of rotatable bonds is 3. The SMILES string of the molecule is COCc1ccc(C(C)(C)O)c(F)c1F. The van der Waals surface area contributed by atoms with E-state index in [1.54, 1.807) is 0 Å². The summed E-state index contributed by atoms with van der Waals surface area (Å²) in [5, 5.41) is 9.58. The molecule has 0 aromatic heterocycles. The highest BCUT2D eigenvalue weighted by atomic mass is 19.2. The summed E-state index contributed by atoms with van der Waals surface area (Å²) in [4.78, 5) is 0. The number of aliphatic hydroxyl groups is 1. The molecule has 0 unspecified atom stereocenters. The zero-order valence-electron chi connectivity index (χ0n) is 8.97. The van der Waals surface area contributed by atoms with Crippen molar-refractivity contribution in [1.82, 2.24) is 0 Å². The van der Waals surface area contributed by atoms with E-state index in [2.05, 4.69) is 0 Å². The molecular weight excluding hydrogens is 202 g/mol. The van der Waals surface area contributed by atoms with Gasteiger partial charge in [0.25, 0.3) is 0 Å². The molecule has 1 rings (SSSR count). The fourth-order valence-corrected chi connectivity index (χ4v) is 1.33. The summed E-state index contributed by atoms with van der Waals surface area (Å²) in [5.74, 6) is -1.98. The topological polar surface area (TPSA) is 29.5 Å². The normalized spacial score (nSPS) is 11.9. The first-order valence-electron chi connectivity index (χ1n) is 4.56. The number of methoxy groups -OCH3 is 1. The molecule has 2 nitrogen and oxygen atoms in total. The van der Waals surface area contributed by atoms with Gasteiger partial charge in [0.15, 0.2) is 11.6 Å². The molecule has 1 aromatic carbocycles. The Morgan fingerprint density at radius 3 is 2.33 bits per heavy atom. The molecular formula is C11H14F2O2. The molecule has 0 aliphatic carbocycles. The fraction of sp³-hybridized carbons (Fsp3) is 0.455. The fourth-order valence-electron chi connectivity index (χ4n) is 1.33. The van der Waals surface area contributed by atoms with Gasteiger partial charge < -0.3 is 9.84 Å². The van der Waals surface area contributed by atoms with Crippen LogP contribution in [0.15, 0.2) is 12.1 Å². The van der Waals surface area contributed by atoms with E-state index < -0.39 is 17.2 Å². The lowest BCUT2D eigenvalue weighted by Crippen LogP contribution is -2.19. The van der Waals surface area contributed by atoms with Crippen molar-refractivity contribution in [1.29, 1.82) is 0 Å². The van der Waals surface area contributed by atoms with Gasteiger partial charge in [-0.05, 0) is 13.8 Å². The van der Waals surface area contributed by atoms with E-state index in [1.165, 1.54) is 33.1 Å². The van der Waals surface area contributed by atoms with Crippen LogP contribution in [0.4, 0.5) is 8.78 Å². The van der Waals surface area contributed by atoms with Crippen molar-refractivity contribution in [2.75, 3.05) is 7.11 Å². The number of halogens is 2. The molecule has 1 N–H and O–H groups in total. The Balaban J connectivity index is 3.21. The molecule has 15 heavy (non-hydrogen) atoms. The standard InChI is InChI=1S/C11H14F2O2/c1-11(2,14)8-5-4-7(6-15-3)9(12)10(8)13/h4-5,14H,6H2,1-3H3. The molecule has 0 aliphatic rings. The Labute approximate surface area is 87.5 Å². The maximum absolute atomic E-state index is 13.5. The van der Waals surface area contributed by atoms with Crippen LogP contribution in [0.25, 0.3) is 0 Å². The van der Waals surface area contributed by atoms with Crippen LogP contribution in [0, 0.1) is 11.6 Å². The lowest BCUT2D eigenvalue weighted by molar-refractivity contribution is 0.0734. The molecule has 4 heteroatoms. The second kappa shape index (κ2) is 4.24. The van der Waals surface area contributed by atoms with Crippen LogP contribution in [-0.2, 0) is 16.9 Å². The Morgan fingerprint density at radius 1 is 1.27 bits per heavy atom. The van der Waals surface area contributed by atoms with E-state index in [9.17, 15) is 13.9 Å². The molecule has 0 amide bonds. The van der Waals surface area contributed by atoms with Crippen LogP contribution in [0.5, 0.6) is 0 Å². The lowest BCUT2D eigenvalue weighted by Gasteiger charge is -2.19. The summed E-state index contributed by atoms with van der Waals surface area (Å²) in [7, 11) is 1.40. The summed E-state index contributed by atoms with van der Waals surface area (Å²) in [6.45, 7) is 2.82. The van der Waals surface area contributed by atoms with Crippen LogP contribution in [0.3, 0.4) is 0 Å². The molecule has 0 saturated heterocycles. The van der Waals surface area contributed by atoms with E-state index in [0.29, 0.717) is 0 Å². The molecule has 0 saturated carbocycles. The highest BCUT2D eigenvalue weighted by Crippen LogP contribution is 2.26. The monoisotopic (exact) mass is 216 g/mol. The first kappa shape index (κ1) is 12.1. The predicted octanol–water partition coefficient (Wildman–Crippen LogP) is 2.34. The summed E-state index contributed by atoms with van der Waals surface area (Å²) in [6, 6.07) is 2.78. The zero-order valence-corrected chi connectivity index (χ0v) is 8.97. The summed E-state index contributed by atoms with van der Waals surface area (Å²) >= 11 is 0. The third-order valence-electron chi connectivity index (χ3n) is 2.12. The van der Waals surface area contributed by atoms with Gasteiger partial charge in [0, 0.05) is 18.2 Å². The number of hydrogen-bond donors (Lipinski definition) is 1. The van der Waals surface area contributed by atoms with Crippen LogP contribution in [-0.4, -0.2) is 12.2 Å². The summed E-state index contributed by atoms with van der Waals surface area (Å²) < 4.78 is 31.6. The molecule has 0 atom stereocenters. The highest BCUT2D eigenvalue weighted by Gasteiger charge is 2.24. The summed E-state index contributed by atoms with van der Waals surface area (Å²) in [5.41, 5.74) is -1.31. The molecule has 1 aromatic rings. The Kier molecular flexibility index (Phi) is 3.42. The van der Waals surface area contributed by atoms with E-state index in [1.807, 2.05) is 0 Å². The first-order valence-corrected chi connectivity index (χ1v) is 4.56. The molecule has 0 heterocycles. The number of ether oxygens (including phenoxy) is 1. The highest BCUT2D eigenvalue weighted by molar-refractivity contribution is 5.29. The average molecular weight is 216 g/mol. The van der Waals surface area contributed by atoms with Gasteiger partial charge in [-0.15, -0.1) is 0 Å². The molecule has 0 spiro atoms. The van der Waals surface area contributed by atoms with Crippen molar-refractivity contribution < 1.29 is 18.6 Å². The minimum atomic E-state index is -1.39. The lowest BCUT2D eigenvalue weighted by atomic mass is 9.96. The quantitative estimate of drug-likeness (QED) is 0.840. The second-order valence-corrected chi connectivity index (χ2v) is 3.89. The minimum Gasteiger partial charge on any atom is -0.386 e. The van der Waals surface area contributed by atoms with E-state index in [4.69, 9.17) is 4.74 Å². The van der Waals surface area contributed by atoms with E-state index in [-0.39, 0.29) is 17.7 Å². The first-order chi connectivity index (χ1) is 6.88. The van der Waals surface area contributed by atoms with Crippen LogP contribution in [0.2, 0.25) is 0 Å². The van der Waals surface area contributed by atoms with Crippen molar-refractivity contribution in [3.8, 4) is 0 Å². The zero-order chi connectivity index (χ0) is 11.6. The van der Waals surface area contributed by atoms with Crippen LogP contribution in [0.1, 0.15) is 25.0 Å². The van der Waals surface area contributed by atoms with Crippen molar-refractivity contribution in [3.63, 3.8) is 0 Å². The van der Waals surface area contributed by atoms with E-state index >= 15 is 0 Å². The van der Waals surface area contributed by atoms with Gasteiger partial charge >= 0.3 is 0 Å². The van der Waals surface area contributed by atoms with Crippen molar-refractivity contribution in [2.45, 2.75) is 26.1 Å². The van der Waals surface area contributed by atoms with Gasteiger partial charge in [-0.1, -0.05) is 12.1 Å². The molecule has 84 valence electrons. The molecule has 0 bridgehead atoms. The van der Waals surface area contributed by atoms with Gasteiger partial charge in [-0.2, -0.15) is 0 Å². The van der Waals surface area contributed by atoms with Gasteiger partial charge in [-0.3, -0.25) is 0 Å². The minimum absolute atomic E-state index is 0.00882. The Hall–Kier alpha value is -1.00. The predicted molar refractivity (Wildman–Crippen MR) is 52.3 cm³/mol. The average Bonchev–Trinajstić information content (AvgIpc) is 2.11. The molecule has 0 radical (unpaired) electrons. The van der Waals surface area contributed by atoms with Gasteiger partial charge in [-0.25, -0.2) is 8.78 Å². The van der Waals surface area contributed by atoms with Crippen LogP contribution < -0.4 is 0 Å². The largest absolute Gasteiger partial charge is 0.386 e. The van der Waals surface area contributed by atoms with E-state index in [0.717, 1.165) is 0 Å². The van der Waals surface area contributed by atoms with Gasteiger partial charge in [0.1, 0.15) is 0 Å². The van der Waals surface area contributed by atoms with Crippen molar-refractivity contribution in [3.05, 3.63) is 34.9 Å². The third kappa shape index (κ3) is 2.52. The third-order valence-corrected chi connectivity index (χ3v) is 2.12. The molecule has 0 fully saturated rings. The maximum Gasteiger partial charge on any atom is 0.165 e. The number of benzene rings is 1. The van der Waals surface area contributed by atoms with Crippen LogP contribution >= 0.6 is 0 Å². The van der Waals surface area contributed by atoms with Crippen molar-refractivity contribution >= 4 is 0 Å². The Morgan fingerprint density at radius 2 is 1.87 bits per heavy atom. The maximum atomic E-state index is 13.5. The summed E-state index contributed by atoms with van der Waals surface area (Å²) in [6.07, 6.45) is 0. The molecule has 0 aliphatic heterocycles. The number of hydrogen-bond acceptors (Lipinski definition) is 2. The van der Waals surface area contributed by atoms with Crippen molar-refractivity contribution in [2.24, 2.45) is 0 Å². The Bertz CT molecular complexity index is 356. The second-order valence-electron chi connectivity index (χ2n) is 3.89. The van der Waals surface area contributed by atoms with Gasteiger partial charge in [0.2, 0.25) is 0 Å². The van der Waals surface area contributed by atoms with Gasteiger partial charge in [0.05, 0.1) is 12.2 Å².